The molecule has 0 aliphatic carbocycles. The summed E-state index contributed by atoms with van der Waals surface area (Å²) >= 11 is 1.87. The Balaban J connectivity index is 2.41. The van der Waals surface area contributed by atoms with E-state index in [9.17, 15) is 9.90 Å². The molecule has 100 valence electrons. The fourth-order valence-corrected chi connectivity index (χ4v) is 3.34. The van der Waals surface area contributed by atoms with Crippen LogP contribution in [0.25, 0.3) is 0 Å². The second kappa shape index (κ2) is 6.61. The minimum absolute atomic E-state index is 0.0177. The van der Waals surface area contributed by atoms with E-state index in [1.807, 2.05) is 37.7 Å². The average Bonchev–Trinajstić information content (AvgIpc) is 2.28. The van der Waals surface area contributed by atoms with Gasteiger partial charge in [0, 0.05) is 6.54 Å². The van der Waals surface area contributed by atoms with Crippen LogP contribution >= 0.6 is 11.8 Å². The molecule has 1 unspecified atom stereocenters. The van der Waals surface area contributed by atoms with Gasteiger partial charge in [-0.1, -0.05) is 6.92 Å². The first-order valence-corrected chi connectivity index (χ1v) is 7.38. The number of nitrogens with zero attached hydrogens (tertiary/aromatic N) is 1. The van der Waals surface area contributed by atoms with Gasteiger partial charge in [0.2, 0.25) is 5.91 Å². The lowest BCUT2D eigenvalue weighted by atomic mass is 9.96. The third-order valence-corrected chi connectivity index (χ3v) is 4.31. The Hall–Kier alpha value is -0.260. The molecule has 1 aliphatic heterocycles. The molecule has 1 rings (SSSR count). The van der Waals surface area contributed by atoms with E-state index in [1.165, 1.54) is 0 Å². The highest BCUT2D eigenvalue weighted by Gasteiger charge is 2.30. The number of carbonyl (C=O) groups is 1. The summed E-state index contributed by atoms with van der Waals surface area (Å²) in [7, 11) is 3.80. The summed E-state index contributed by atoms with van der Waals surface area (Å²) in [5, 5.41) is 13.2. The molecule has 2 N–H and O–H groups in total. The fraction of sp³-hybridized carbons (Fsp3) is 0.917. The minimum atomic E-state index is -0.689. The van der Waals surface area contributed by atoms with Crippen molar-refractivity contribution in [3.63, 3.8) is 0 Å². The lowest BCUT2D eigenvalue weighted by Crippen LogP contribution is -2.50. The molecule has 1 amide bonds. The molecular formula is C12H24N2O2S. The van der Waals surface area contributed by atoms with E-state index >= 15 is 0 Å². The number of rotatable bonds is 5. The van der Waals surface area contributed by atoms with Crippen molar-refractivity contribution in [2.24, 2.45) is 0 Å². The molecule has 1 heterocycles. The summed E-state index contributed by atoms with van der Waals surface area (Å²) in [4.78, 5) is 13.8. The highest BCUT2D eigenvalue weighted by Crippen LogP contribution is 2.26. The quantitative estimate of drug-likeness (QED) is 0.764. The Bertz CT molecular complexity index is 253. The van der Waals surface area contributed by atoms with Gasteiger partial charge in [-0.25, -0.2) is 0 Å². The van der Waals surface area contributed by atoms with E-state index in [-0.39, 0.29) is 11.9 Å². The average molecular weight is 260 g/mol. The van der Waals surface area contributed by atoms with Crippen molar-refractivity contribution in [1.29, 1.82) is 0 Å². The Kier molecular flexibility index (Phi) is 5.76. The van der Waals surface area contributed by atoms with E-state index < -0.39 is 5.60 Å². The Morgan fingerprint density at radius 2 is 2.06 bits per heavy atom. The van der Waals surface area contributed by atoms with E-state index in [0.29, 0.717) is 6.54 Å². The van der Waals surface area contributed by atoms with Gasteiger partial charge in [0.05, 0.1) is 11.6 Å². The molecule has 0 bridgehead atoms. The van der Waals surface area contributed by atoms with Crippen molar-refractivity contribution in [2.75, 3.05) is 32.1 Å². The smallest absolute Gasteiger partial charge is 0.237 e. The van der Waals surface area contributed by atoms with Crippen LogP contribution < -0.4 is 5.32 Å². The fourth-order valence-electron chi connectivity index (χ4n) is 2.08. The van der Waals surface area contributed by atoms with E-state index in [1.54, 1.807) is 0 Å². The van der Waals surface area contributed by atoms with E-state index in [0.717, 1.165) is 30.8 Å². The normalized spacial score (nSPS) is 21.2. The SMILES string of the molecule is CCC(C(=O)NCC1(O)CCSCC1)N(C)C. The third-order valence-electron chi connectivity index (χ3n) is 3.33. The van der Waals surface area contributed by atoms with Crippen LogP contribution in [0.1, 0.15) is 26.2 Å². The number of aliphatic hydroxyl groups is 1. The molecule has 0 spiro atoms. The number of nitrogens with one attached hydrogen (secondary N) is 1. The van der Waals surface area contributed by atoms with Crippen molar-refractivity contribution in [1.82, 2.24) is 10.2 Å². The highest BCUT2D eigenvalue weighted by molar-refractivity contribution is 7.99. The zero-order valence-corrected chi connectivity index (χ0v) is 11.8. The van der Waals surface area contributed by atoms with Crippen LogP contribution in [-0.2, 0) is 4.79 Å². The first kappa shape index (κ1) is 14.8. The molecule has 4 nitrogen and oxygen atoms in total. The van der Waals surface area contributed by atoms with Gasteiger partial charge in [-0.15, -0.1) is 0 Å². The number of amides is 1. The molecule has 1 aliphatic rings. The molecule has 1 atom stereocenters. The van der Waals surface area contributed by atoms with Gasteiger partial charge in [-0.2, -0.15) is 11.8 Å². The molecule has 0 radical (unpaired) electrons. The predicted molar refractivity (Wildman–Crippen MR) is 72.3 cm³/mol. The number of hydrogen-bond acceptors (Lipinski definition) is 4. The monoisotopic (exact) mass is 260 g/mol. The summed E-state index contributed by atoms with van der Waals surface area (Å²) in [5.74, 6) is 1.98. The maximum atomic E-state index is 11.9. The largest absolute Gasteiger partial charge is 0.388 e. The van der Waals surface area contributed by atoms with Gasteiger partial charge in [0.1, 0.15) is 0 Å². The van der Waals surface area contributed by atoms with Crippen molar-refractivity contribution in [3.8, 4) is 0 Å². The molecule has 0 aromatic carbocycles. The van der Waals surface area contributed by atoms with Gasteiger partial charge >= 0.3 is 0 Å². The predicted octanol–water partition coefficient (Wildman–Crippen LogP) is 0.701. The Labute approximate surface area is 108 Å². The molecule has 17 heavy (non-hydrogen) atoms. The molecule has 0 saturated carbocycles. The topological polar surface area (TPSA) is 52.6 Å². The van der Waals surface area contributed by atoms with Crippen LogP contribution in [0.4, 0.5) is 0 Å². The maximum Gasteiger partial charge on any atom is 0.237 e. The lowest BCUT2D eigenvalue weighted by molar-refractivity contribution is -0.127. The first-order valence-electron chi connectivity index (χ1n) is 6.23. The summed E-state index contributed by atoms with van der Waals surface area (Å²) in [6.45, 7) is 2.38. The van der Waals surface area contributed by atoms with Gasteiger partial charge in [-0.3, -0.25) is 9.69 Å². The van der Waals surface area contributed by atoms with Gasteiger partial charge in [0.15, 0.2) is 0 Å². The maximum absolute atomic E-state index is 11.9. The number of carbonyl (C=O) groups excluding carboxylic acids is 1. The number of thioether (sulfide) groups is 1. The summed E-state index contributed by atoms with van der Waals surface area (Å²) < 4.78 is 0. The molecule has 1 fully saturated rings. The molecule has 5 heteroatoms. The third kappa shape index (κ3) is 4.48. The number of hydrogen-bond donors (Lipinski definition) is 2. The van der Waals surface area contributed by atoms with Crippen LogP contribution in [0, 0.1) is 0 Å². The highest BCUT2D eigenvalue weighted by atomic mass is 32.2. The summed E-state index contributed by atoms with van der Waals surface area (Å²) in [6, 6.07) is -0.100. The summed E-state index contributed by atoms with van der Waals surface area (Å²) in [5.41, 5.74) is -0.689. The zero-order chi connectivity index (χ0) is 12.9. The molecule has 0 aromatic heterocycles. The Morgan fingerprint density at radius 3 is 2.53 bits per heavy atom. The van der Waals surface area contributed by atoms with Gasteiger partial charge in [-0.05, 0) is 44.9 Å². The van der Waals surface area contributed by atoms with Gasteiger partial charge < -0.3 is 10.4 Å². The van der Waals surface area contributed by atoms with Crippen LogP contribution in [0.3, 0.4) is 0 Å². The zero-order valence-electron chi connectivity index (χ0n) is 11.0. The van der Waals surface area contributed by atoms with Gasteiger partial charge in [0.25, 0.3) is 0 Å². The van der Waals surface area contributed by atoms with Crippen molar-refractivity contribution in [3.05, 3.63) is 0 Å². The second-order valence-corrected chi connectivity index (χ2v) is 6.17. The van der Waals surface area contributed by atoms with Crippen LogP contribution in [0.2, 0.25) is 0 Å². The van der Waals surface area contributed by atoms with Crippen LogP contribution in [-0.4, -0.2) is 59.7 Å². The van der Waals surface area contributed by atoms with Crippen LogP contribution in [0.5, 0.6) is 0 Å². The van der Waals surface area contributed by atoms with E-state index in [2.05, 4.69) is 5.32 Å². The minimum Gasteiger partial charge on any atom is -0.388 e. The standard InChI is InChI=1S/C12H24N2O2S/c1-4-10(14(2)3)11(15)13-9-12(16)5-7-17-8-6-12/h10,16H,4-9H2,1-3H3,(H,13,15). The van der Waals surface area contributed by atoms with Crippen molar-refractivity contribution >= 4 is 17.7 Å². The first-order chi connectivity index (χ1) is 7.98. The second-order valence-electron chi connectivity index (χ2n) is 4.94. The van der Waals surface area contributed by atoms with Crippen molar-refractivity contribution < 1.29 is 9.90 Å². The number of likely N-dealkylation sites (N-methyl/N-ethyl adjacent to an activating group) is 1. The molecule has 1 saturated heterocycles. The molecule has 0 aromatic rings. The molecular weight excluding hydrogens is 236 g/mol. The van der Waals surface area contributed by atoms with E-state index in [4.69, 9.17) is 0 Å². The van der Waals surface area contributed by atoms with Crippen LogP contribution in [0.15, 0.2) is 0 Å². The summed E-state index contributed by atoms with van der Waals surface area (Å²) in [6.07, 6.45) is 2.33. The Morgan fingerprint density at radius 1 is 1.47 bits per heavy atom. The van der Waals surface area contributed by atoms with Crippen molar-refractivity contribution in [2.45, 2.75) is 37.8 Å². The lowest BCUT2D eigenvalue weighted by Gasteiger charge is -2.32.